The van der Waals surface area contributed by atoms with Crippen LogP contribution < -0.4 is 4.72 Å². The Balaban J connectivity index is 2.00. The number of nitrogens with one attached hydrogen (secondary N) is 1. The zero-order chi connectivity index (χ0) is 21.2. The van der Waals surface area contributed by atoms with Gasteiger partial charge < -0.3 is 5.11 Å². The molecular weight excluding hydrogens is 412 g/mol. The highest BCUT2D eigenvalue weighted by atomic mass is 32.2. The summed E-state index contributed by atoms with van der Waals surface area (Å²) >= 11 is 0. The van der Waals surface area contributed by atoms with E-state index in [2.05, 4.69) is 4.72 Å². The topological polar surface area (TPSA) is 104 Å². The molecule has 0 amide bonds. The maximum absolute atomic E-state index is 12.8. The molecule has 154 valence electrons. The second-order valence-corrected chi connectivity index (χ2v) is 10.0. The normalized spacial score (nSPS) is 12.4. The summed E-state index contributed by atoms with van der Waals surface area (Å²) in [7, 11) is -7.84. The summed E-state index contributed by atoms with van der Waals surface area (Å²) in [5.41, 5.74) is -0.202. The average Bonchev–Trinajstić information content (AvgIpc) is 2.69. The summed E-state index contributed by atoms with van der Waals surface area (Å²) in [4.78, 5) is -0.0946. The Morgan fingerprint density at radius 1 is 0.828 bits per heavy atom. The van der Waals surface area contributed by atoms with E-state index in [0.717, 1.165) is 22.9 Å². The number of rotatable bonds is 7. The molecule has 0 heterocycles. The lowest BCUT2D eigenvalue weighted by Crippen LogP contribution is -2.30. The van der Waals surface area contributed by atoms with Crippen LogP contribution in [0, 0.1) is 0 Å². The van der Waals surface area contributed by atoms with Crippen molar-refractivity contribution < 1.29 is 21.9 Å². The standard InChI is InChI=1S/C20H22N2O5S2/c1-3-22(4-2)29(26,27)18-11-12-20(23)19(14-18)21-28(24,25)17-10-9-15-7-5-6-8-16(15)13-17/h5-14,21,23H,3-4H2,1-2H3. The highest BCUT2D eigenvalue weighted by molar-refractivity contribution is 7.92. The number of fused-ring (bicyclic) bond motifs is 1. The van der Waals surface area contributed by atoms with E-state index >= 15 is 0 Å². The number of hydrogen-bond donors (Lipinski definition) is 2. The molecule has 3 aromatic carbocycles. The number of phenolic OH excluding ortho intramolecular Hbond substituents is 1. The van der Waals surface area contributed by atoms with Gasteiger partial charge in [0.2, 0.25) is 10.0 Å². The van der Waals surface area contributed by atoms with Gasteiger partial charge >= 0.3 is 0 Å². The molecule has 0 atom stereocenters. The molecule has 0 spiro atoms. The Hall–Kier alpha value is -2.62. The van der Waals surface area contributed by atoms with Gasteiger partial charge in [0.1, 0.15) is 5.75 Å². The first kappa shape index (κ1) is 21.1. The first-order valence-corrected chi connectivity index (χ1v) is 12.0. The third-order valence-electron chi connectivity index (χ3n) is 4.59. The monoisotopic (exact) mass is 434 g/mol. The molecule has 7 nitrogen and oxygen atoms in total. The molecule has 0 aliphatic rings. The van der Waals surface area contributed by atoms with Crippen molar-refractivity contribution in [2.75, 3.05) is 17.8 Å². The van der Waals surface area contributed by atoms with Crippen LogP contribution in [0.2, 0.25) is 0 Å². The van der Waals surface area contributed by atoms with Crippen LogP contribution in [0.5, 0.6) is 5.75 Å². The minimum absolute atomic E-state index is 0.00704. The first-order valence-electron chi connectivity index (χ1n) is 9.04. The van der Waals surface area contributed by atoms with Crippen molar-refractivity contribution in [3.05, 3.63) is 60.7 Å². The molecule has 29 heavy (non-hydrogen) atoms. The molecular formula is C20H22N2O5S2. The molecule has 9 heteroatoms. The summed E-state index contributed by atoms with van der Waals surface area (Å²) in [5, 5.41) is 11.7. The van der Waals surface area contributed by atoms with Crippen LogP contribution in [-0.4, -0.2) is 39.3 Å². The second-order valence-electron chi connectivity index (χ2n) is 6.38. The summed E-state index contributed by atoms with van der Waals surface area (Å²) in [5.74, 6) is -0.368. The number of anilines is 1. The van der Waals surface area contributed by atoms with Crippen molar-refractivity contribution >= 4 is 36.5 Å². The van der Waals surface area contributed by atoms with Gasteiger partial charge in [-0.2, -0.15) is 4.31 Å². The first-order chi connectivity index (χ1) is 13.7. The molecule has 2 N–H and O–H groups in total. The molecule has 0 aliphatic heterocycles. The Labute approximate surface area is 170 Å². The van der Waals surface area contributed by atoms with E-state index in [1.165, 1.54) is 22.5 Å². The summed E-state index contributed by atoms with van der Waals surface area (Å²) in [6.07, 6.45) is 0. The SMILES string of the molecule is CCN(CC)S(=O)(=O)c1ccc(O)c(NS(=O)(=O)c2ccc3ccccc3c2)c1. The van der Waals surface area contributed by atoms with Crippen LogP contribution in [0.1, 0.15) is 13.8 Å². The smallest absolute Gasteiger partial charge is 0.262 e. The van der Waals surface area contributed by atoms with E-state index in [9.17, 15) is 21.9 Å². The minimum atomic E-state index is -4.04. The predicted molar refractivity (Wildman–Crippen MR) is 113 cm³/mol. The summed E-state index contributed by atoms with van der Waals surface area (Å²) < 4.78 is 54.6. The van der Waals surface area contributed by atoms with Gasteiger partial charge in [0.15, 0.2) is 0 Å². The predicted octanol–water partition coefficient (Wildman–Crippen LogP) is 3.38. The maximum Gasteiger partial charge on any atom is 0.262 e. The molecule has 0 saturated heterocycles. The van der Waals surface area contributed by atoms with E-state index in [-0.39, 0.29) is 34.3 Å². The zero-order valence-corrected chi connectivity index (χ0v) is 17.7. The number of benzene rings is 3. The Kier molecular flexibility index (Phi) is 5.83. The summed E-state index contributed by atoms with van der Waals surface area (Å²) in [6, 6.07) is 15.5. The van der Waals surface area contributed by atoms with Crippen LogP contribution in [0.3, 0.4) is 0 Å². The molecule has 0 fully saturated rings. The third-order valence-corrected chi connectivity index (χ3v) is 8.00. The van der Waals surface area contributed by atoms with Crippen LogP contribution in [0.25, 0.3) is 10.8 Å². The third kappa shape index (κ3) is 4.21. The number of phenols is 1. The van der Waals surface area contributed by atoms with Crippen LogP contribution in [0.15, 0.2) is 70.5 Å². The van der Waals surface area contributed by atoms with E-state index in [0.29, 0.717) is 0 Å². The van der Waals surface area contributed by atoms with Gasteiger partial charge in [0.25, 0.3) is 10.0 Å². The van der Waals surface area contributed by atoms with E-state index < -0.39 is 20.0 Å². The van der Waals surface area contributed by atoms with Gasteiger partial charge in [-0.05, 0) is 41.1 Å². The molecule has 0 aliphatic carbocycles. The highest BCUT2D eigenvalue weighted by Crippen LogP contribution is 2.30. The summed E-state index contributed by atoms with van der Waals surface area (Å²) in [6.45, 7) is 3.98. The number of nitrogens with zero attached hydrogens (tertiary/aromatic N) is 1. The van der Waals surface area contributed by atoms with Crippen molar-refractivity contribution in [2.45, 2.75) is 23.6 Å². The fourth-order valence-corrected chi connectivity index (χ4v) is 5.59. The lowest BCUT2D eigenvalue weighted by Gasteiger charge is -2.19. The number of aromatic hydroxyl groups is 1. The van der Waals surface area contributed by atoms with Crippen LogP contribution >= 0.6 is 0 Å². The maximum atomic E-state index is 12.8. The van der Waals surface area contributed by atoms with Gasteiger partial charge in [-0.25, -0.2) is 16.8 Å². The second kappa shape index (κ2) is 8.02. The van der Waals surface area contributed by atoms with Crippen molar-refractivity contribution in [1.29, 1.82) is 0 Å². The van der Waals surface area contributed by atoms with Gasteiger partial charge in [0, 0.05) is 13.1 Å². The Morgan fingerprint density at radius 2 is 1.45 bits per heavy atom. The molecule has 0 radical (unpaired) electrons. The number of hydrogen-bond acceptors (Lipinski definition) is 5. The lowest BCUT2D eigenvalue weighted by molar-refractivity contribution is 0.445. The Bertz CT molecular complexity index is 1250. The van der Waals surface area contributed by atoms with E-state index in [1.54, 1.807) is 32.0 Å². The van der Waals surface area contributed by atoms with Crippen LogP contribution in [-0.2, 0) is 20.0 Å². The molecule has 3 rings (SSSR count). The largest absolute Gasteiger partial charge is 0.506 e. The van der Waals surface area contributed by atoms with Crippen molar-refractivity contribution in [3.8, 4) is 5.75 Å². The zero-order valence-electron chi connectivity index (χ0n) is 16.0. The van der Waals surface area contributed by atoms with Crippen molar-refractivity contribution in [3.63, 3.8) is 0 Å². The van der Waals surface area contributed by atoms with Gasteiger partial charge in [-0.1, -0.05) is 44.2 Å². The molecule has 0 bridgehead atoms. The minimum Gasteiger partial charge on any atom is -0.506 e. The highest BCUT2D eigenvalue weighted by Gasteiger charge is 2.24. The fraction of sp³-hybridized carbons (Fsp3) is 0.200. The fourth-order valence-electron chi connectivity index (χ4n) is 3.01. The van der Waals surface area contributed by atoms with Gasteiger partial charge in [0.05, 0.1) is 15.5 Å². The van der Waals surface area contributed by atoms with Crippen LogP contribution in [0.4, 0.5) is 5.69 Å². The van der Waals surface area contributed by atoms with Crippen molar-refractivity contribution in [2.24, 2.45) is 0 Å². The molecule has 0 aromatic heterocycles. The van der Waals surface area contributed by atoms with E-state index in [4.69, 9.17) is 0 Å². The number of sulfonamides is 2. The molecule has 3 aromatic rings. The van der Waals surface area contributed by atoms with Gasteiger partial charge in [-0.3, -0.25) is 4.72 Å². The average molecular weight is 435 g/mol. The van der Waals surface area contributed by atoms with Gasteiger partial charge in [-0.15, -0.1) is 0 Å². The van der Waals surface area contributed by atoms with E-state index in [1.807, 2.05) is 12.1 Å². The Morgan fingerprint density at radius 3 is 2.10 bits per heavy atom. The molecule has 0 unspecified atom stereocenters. The van der Waals surface area contributed by atoms with Crippen molar-refractivity contribution in [1.82, 2.24) is 4.31 Å². The quantitative estimate of drug-likeness (QED) is 0.555. The molecule has 0 saturated carbocycles. The lowest BCUT2D eigenvalue weighted by atomic mass is 10.1.